The number of aromatic carboxylic acids is 1. The van der Waals surface area contributed by atoms with Crippen LogP contribution in [0.5, 0.6) is 5.75 Å². The van der Waals surface area contributed by atoms with Crippen molar-refractivity contribution in [2.24, 2.45) is 5.41 Å². The van der Waals surface area contributed by atoms with Crippen LogP contribution in [0.4, 0.5) is 13.2 Å². The molecule has 0 aliphatic rings. The first-order valence-corrected chi connectivity index (χ1v) is 9.06. The van der Waals surface area contributed by atoms with E-state index in [0.717, 1.165) is 0 Å². The van der Waals surface area contributed by atoms with E-state index in [1.54, 1.807) is 48.5 Å². The van der Waals surface area contributed by atoms with Crippen molar-refractivity contribution in [2.75, 3.05) is 26.6 Å². The standard InChI is InChI=1S/C21H17ClF3NO3/c22-15-7-3-1-5-13(15)17-14-6-2-4-8-16(14)26-18(20(27)28)19(17)29-12-21(9-23,10-24)11-25/h1-8H,9-12H2,(H,27,28). The molecule has 0 radical (unpaired) electrons. The predicted molar refractivity (Wildman–Crippen MR) is 105 cm³/mol. The molecule has 0 amide bonds. The first-order chi connectivity index (χ1) is 14.0. The minimum Gasteiger partial charge on any atom is -0.489 e. The van der Waals surface area contributed by atoms with Gasteiger partial charge in [-0.15, -0.1) is 0 Å². The highest BCUT2D eigenvalue weighted by atomic mass is 35.5. The number of benzene rings is 2. The second kappa shape index (κ2) is 8.69. The first-order valence-electron chi connectivity index (χ1n) is 8.68. The number of para-hydroxylation sites is 1. The highest BCUT2D eigenvalue weighted by Crippen LogP contribution is 2.42. The molecule has 1 N–H and O–H groups in total. The molecule has 2 aromatic carbocycles. The second-order valence-corrected chi connectivity index (χ2v) is 7.06. The molecule has 0 aliphatic heterocycles. The third-order valence-electron chi connectivity index (χ3n) is 4.57. The Kier molecular flexibility index (Phi) is 6.27. The number of hydrogen-bond acceptors (Lipinski definition) is 3. The van der Waals surface area contributed by atoms with Gasteiger partial charge in [-0.25, -0.2) is 9.78 Å². The Morgan fingerprint density at radius 1 is 1.03 bits per heavy atom. The summed E-state index contributed by atoms with van der Waals surface area (Å²) in [6.07, 6.45) is 0. The molecule has 3 aromatic rings. The molecule has 3 rings (SSSR count). The number of ether oxygens (including phenoxy) is 1. The summed E-state index contributed by atoms with van der Waals surface area (Å²) in [6.45, 7) is -4.60. The van der Waals surface area contributed by atoms with Gasteiger partial charge in [0, 0.05) is 21.5 Å². The summed E-state index contributed by atoms with van der Waals surface area (Å²) >= 11 is 6.33. The minimum atomic E-state index is -2.01. The minimum absolute atomic E-state index is 0.218. The average molecular weight is 424 g/mol. The zero-order valence-corrected chi connectivity index (χ0v) is 15.9. The quantitative estimate of drug-likeness (QED) is 0.517. The molecule has 0 atom stereocenters. The van der Waals surface area contributed by atoms with E-state index < -0.39 is 43.7 Å². The molecule has 0 saturated heterocycles. The molecule has 0 spiro atoms. The highest BCUT2D eigenvalue weighted by Gasteiger charge is 2.34. The predicted octanol–water partition coefficient (Wildman–Crippen LogP) is 5.53. The van der Waals surface area contributed by atoms with Crippen LogP contribution in [0.1, 0.15) is 10.5 Å². The van der Waals surface area contributed by atoms with Crippen molar-refractivity contribution in [3.63, 3.8) is 0 Å². The van der Waals surface area contributed by atoms with E-state index >= 15 is 0 Å². The monoisotopic (exact) mass is 423 g/mol. The number of nitrogens with zero attached hydrogens (tertiary/aromatic N) is 1. The van der Waals surface area contributed by atoms with Crippen LogP contribution in [0, 0.1) is 5.41 Å². The number of rotatable bonds is 8. The van der Waals surface area contributed by atoms with E-state index in [1.807, 2.05) is 0 Å². The number of pyridine rings is 1. The lowest BCUT2D eigenvalue weighted by atomic mass is 9.94. The SMILES string of the molecule is O=C(O)c1nc2ccccc2c(-c2ccccc2Cl)c1OCC(CF)(CF)CF. The molecule has 152 valence electrons. The number of fused-ring (bicyclic) bond motifs is 1. The van der Waals surface area contributed by atoms with Crippen molar-refractivity contribution < 1.29 is 27.8 Å². The van der Waals surface area contributed by atoms with Crippen molar-refractivity contribution >= 4 is 28.5 Å². The van der Waals surface area contributed by atoms with Gasteiger partial charge in [-0.1, -0.05) is 48.0 Å². The molecule has 8 heteroatoms. The first kappa shape index (κ1) is 20.9. The number of aromatic nitrogens is 1. The summed E-state index contributed by atoms with van der Waals surface area (Å²) in [7, 11) is 0. The summed E-state index contributed by atoms with van der Waals surface area (Å²) in [5.74, 6) is -1.62. The molecule has 0 fully saturated rings. The van der Waals surface area contributed by atoms with E-state index in [-0.39, 0.29) is 5.75 Å². The van der Waals surface area contributed by atoms with Gasteiger partial charge in [-0.2, -0.15) is 0 Å². The fourth-order valence-electron chi connectivity index (χ4n) is 2.86. The fraction of sp³-hybridized carbons (Fsp3) is 0.238. The van der Waals surface area contributed by atoms with Crippen LogP contribution in [0.3, 0.4) is 0 Å². The van der Waals surface area contributed by atoms with Gasteiger partial charge in [0.05, 0.1) is 10.9 Å². The van der Waals surface area contributed by atoms with Gasteiger partial charge in [-0.05, 0) is 12.1 Å². The molecule has 0 aliphatic carbocycles. The molecule has 0 unspecified atom stereocenters. The molecule has 0 saturated carbocycles. The van der Waals surface area contributed by atoms with E-state index in [1.165, 1.54) is 0 Å². The molecule has 29 heavy (non-hydrogen) atoms. The highest BCUT2D eigenvalue weighted by molar-refractivity contribution is 6.34. The smallest absolute Gasteiger partial charge is 0.358 e. The van der Waals surface area contributed by atoms with Gasteiger partial charge < -0.3 is 9.84 Å². The normalized spacial score (nSPS) is 11.6. The lowest BCUT2D eigenvalue weighted by Gasteiger charge is -2.26. The Morgan fingerprint density at radius 3 is 2.28 bits per heavy atom. The molecule has 1 heterocycles. The van der Waals surface area contributed by atoms with Gasteiger partial charge >= 0.3 is 5.97 Å². The summed E-state index contributed by atoms with van der Waals surface area (Å²) in [5, 5.41) is 10.5. The maximum atomic E-state index is 13.3. The van der Waals surface area contributed by atoms with Crippen LogP contribution in [0.15, 0.2) is 48.5 Å². The third-order valence-corrected chi connectivity index (χ3v) is 4.90. The van der Waals surface area contributed by atoms with Gasteiger partial charge in [0.2, 0.25) is 0 Å². The number of carbonyl (C=O) groups is 1. The summed E-state index contributed by atoms with van der Waals surface area (Å²) in [5.41, 5.74) is -1.33. The maximum Gasteiger partial charge on any atom is 0.358 e. The lowest BCUT2D eigenvalue weighted by Crippen LogP contribution is -2.36. The molecule has 0 bridgehead atoms. The van der Waals surface area contributed by atoms with E-state index in [0.29, 0.717) is 27.1 Å². The topological polar surface area (TPSA) is 59.4 Å². The lowest BCUT2D eigenvalue weighted by molar-refractivity contribution is 0.0523. The second-order valence-electron chi connectivity index (χ2n) is 6.66. The van der Waals surface area contributed by atoms with Crippen LogP contribution < -0.4 is 4.74 Å². The van der Waals surface area contributed by atoms with Gasteiger partial charge in [0.25, 0.3) is 0 Å². The fourth-order valence-corrected chi connectivity index (χ4v) is 3.09. The van der Waals surface area contributed by atoms with Crippen molar-refractivity contribution in [1.82, 2.24) is 4.98 Å². The number of alkyl halides is 3. The van der Waals surface area contributed by atoms with Crippen LogP contribution in [-0.2, 0) is 0 Å². The van der Waals surface area contributed by atoms with Crippen molar-refractivity contribution in [2.45, 2.75) is 0 Å². The van der Waals surface area contributed by atoms with Crippen molar-refractivity contribution in [1.29, 1.82) is 0 Å². The van der Waals surface area contributed by atoms with Gasteiger partial charge in [0.1, 0.15) is 26.6 Å². The molecule has 4 nitrogen and oxygen atoms in total. The molecular weight excluding hydrogens is 407 g/mol. The Balaban J connectivity index is 2.29. The van der Waals surface area contributed by atoms with Crippen LogP contribution in [0.2, 0.25) is 5.02 Å². The Hall–Kier alpha value is -2.80. The Bertz CT molecular complexity index is 1030. The average Bonchev–Trinajstić information content (AvgIpc) is 2.75. The third kappa shape index (κ3) is 4.00. The molecular formula is C21H17ClF3NO3. The zero-order chi connectivity index (χ0) is 21.0. The van der Waals surface area contributed by atoms with Gasteiger partial charge in [-0.3, -0.25) is 13.2 Å². The molecule has 1 aromatic heterocycles. The van der Waals surface area contributed by atoms with E-state index in [9.17, 15) is 23.1 Å². The van der Waals surface area contributed by atoms with Crippen LogP contribution in [-0.4, -0.2) is 42.7 Å². The number of carboxylic acid groups (broad SMARTS) is 1. The Morgan fingerprint density at radius 2 is 1.66 bits per heavy atom. The number of carboxylic acids is 1. The van der Waals surface area contributed by atoms with E-state index in [2.05, 4.69) is 4.98 Å². The van der Waals surface area contributed by atoms with Crippen molar-refractivity contribution in [3.05, 3.63) is 59.2 Å². The number of halogens is 4. The number of hydrogen-bond donors (Lipinski definition) is 1. The van der Waals surface area contributed by atoms with Gasteiger partial charge in [0.15, 0.2) is 11.4 Å². The summed E-state index contributed by atoms with van der Waals surface area (Å²) < 4.78 is 45.5. The van der Waals surface area contributed by atoms with Crippen LogP contribution in [0.25, 0.3) is 22.0 Å². The van der Waals surface area contributed by atoms with Crippen LogP contribution >= 0.6 is 11.6 Å². The summed E-state index contributed by atoms with van der Waals surface area (Å²) in [4.78, 5) is 16.0. The van der Waals surface area contributed by atoms with Crippen molar-refractivity contribution in [3.8, 4) is 16.9 Å². The summed E-state index contributed by atoms with van der Waals surface area (Å²) in [6, 6.07) is 13.4. The van der Waals surface area contributed by atoms with E-state index in [4.69, 9.17) is 16.3 Å². The Labute approximate surface area is 169 Å². The zero-order valence-electron chi connectivity index (χ0n) is 15.2. The maximum absolute atomic E-state index is 13.3. The largest absolute Gasteiger partial charge is 0.489 e.